The molecule has 1 atom stereocenters. The van der Waals surface area contributed by atoms with E-state index in [-0.39, 0.29) is 12.5 Å². The SMILES string of the molecule is CCOCOc1ccc([N+](=O)[O-])cc1[C@@H](C)O. The molecule has 94 valence electrons. The Morgan fingerprint density at radius 2 is 2.24 bits per heavy atom. The molecule has 0 fully saturated rings. The van der Waals surface area contributed by atoms with Crippen LogP contribution in [0.2, 0.25) is 0 Å². The smallest absolute Gasteiger partial charge is 0.270 e. The van der Waals surface area contributed by atoms with Gasteiger partial charge in [-0.1, -0.05) is 0 Å². The molecule has 0 aliphatic rings. The number of hydrogen-bond acceptors (Lipinski definition) is 5. The zero-order valence-electron chi connectivity index (χ0n) is 9.75. The molecule has 0 aromatic heterocycles. The van der Waals surface area contributed by atoms with Gasteiger partial charge in [-0.15, -0.1) is 0 Å². The van der Waals surface area contributed by atoms with Crippen LogP contribution in [-0.4, -0.2) is 23.4 Å². The third-order valence-electron chi connectivity index (χ3n) is 2.16. The standard InChI is InChI=1S/C11H15NO5/c1-3-16-7-17-11-5-4-9(12(14)15)6-10(11)8(2)13/h4-6,8,13H,3,7H2,1-2H3/t8-/m1/s1. The van der Waals surface area contributed by atoms with Gasteiger partial charge < -0.3 is 14.6 Å². The van der Waals surface area contributed by atoms with Crippen LogP contribution in [0.15, 0.2) is 18.2 Å². The summed E-state index contributed by atoms with van der Waals surface area (Å²) >= 11 is 0. The van der Waals surface area contributed by atoms with Crippen LogP contribution in [0, 0.1) is 10.1 Å². The Hall–Kier alpha value is -1.66. The van der Waals surface area contributed by atoms with E-state index in [4.69, 9.17) is 9.47 Å². The molecule has 1 aromatic carbocycles. The molecule has 1 rings (SSSR count). The van der Waals surface area contributed by atoms with Gasteiger partial charge in [-0.25, -0.2) is 0 Å². The van der Waals surface area contributed by atoms with E-state index in [1.807, 2.05) is 6.92 Å². The van der Waals surface area contributed by atoms with Gasteiger partial charge in [0, 0.05) is 24.3 Å². The van der Waals surface area contributed by atoms with Crippen LogP contribution in [0.25, 0.3) is 0 Å². The molecule has 0 aliphatic carbocycles. The number of non-ortho nitro benzene ring substituents is 1. The Morgan fingerprint density at radius 1 is 1.53 bits per heavy atom. The number of nitrogens with zero attached hydrogens (tertiary/aromatic N) is 1. The van der Waals surface area contributed by atoms with Gasteiger partial charge >= 0.3 is 0 Å². The van der Waals surface area contributed by atoms with Crippen molar-refractivity contribution in [3.8, 4) is 5.75 Å². The van der Waals surface area contributed by atoms with Crippen molar-refractivity contribution in [3.63, 3.8) is 0 Å². The van der Waals surface area contributed by atoms with Gasteiger partial charge in [0.05, 0.1) is 11.0 Å². The van der Waals surface area contributed by atoms with Crippen molar-refractivity contribution in [2.45, 2.75) is 20.0 Å². The number of aliphatic hydroxyl groups excluding tert-OH is 1. The minimum absolute atomic E-state index is 0.0496. The van der Waals surface area contributed by atoms with Crippen molar-refractivity contribution in [1.82, 2.24) is 0 Å². The Balaban J connectivity index is 2.92. The number of ether oxygens (including phenoxy) is 2. The summed E-state index contributed by atoms with van der Waals surface area (Å²) in [5, 5.41) is 20.1. The number of nitro groups is 1. The van der Waals surface area contributed by atoms with Crippen LogP contribution in [0.3, 0.4) is 0 Å². The maximum absolute atomic E-state index is 10.6. The molecule has 0 unspecified atom stereocenters. The number of rotatable bonds is 6. The van der Waals surface area contributed by atoms with E-state index in [0.717, 1.165) is 0 Å². The third kappa shape index (κ3) is 3.69. The van der Waals surface area contributed by atoms with E-state index in [0.29, 0.717) is 17.9 Å². The van der Waals surface area contributed by atoms with E-state index in [9.17, 15) is 15.2 Å². The lowest BCUT2D eigenvalue weighted by Gasteiger charge is -2.12. The van der Waals surface area contributed by atoms with Crippen molar-refractivity contribution >= 4 is 5.69 Å². The molecule has 0 saturated heterocycles. The summed E-state index contributed by atoms with van der Waals surface area (Å²) in [6, 6.07) is 4.08. The molecule has 0 bridgehead atoms. The van der Waals surface area contributed by atoms with Gasteiger partial charge in [0.25, 0.3) is 5.69 Å². The molecule has 0 heterocycles. The second-order valence-corrected chi connectivity index (χ2v) is 3.41. The van der Waals surface area contributed by atoms with Gasteiger partial charge in [-0.05, 0) is 19.9 Å². The summed E-state index contributed by atoms with van der Waals surface area (Å²) in [4.78, 5) is 10.1. The Labute approximate surface area is 98.9 Å². The highest BCUT2D eigenvalue weighted by atomic mass is 16.7. The molecule has 17 heavy (non-hydrogen) atoms. The quantitative estimate of drug-likeness (QED) is 0.356. The Kier molecular flexibility index (Phi) is 4.86. The van der Waals surface area contributed by atoms with Crippen LogP contribution < -0.4 is 4.74 Å². The van der Waals surface area contributed by atoms with Crippen molar-refractivity contribution < 1.29 is 19.5 Å². The monoisotopic (exact) mass is 241 g/mol. The molecule has 1 N–H and O–H groups in total. The topological polar surface area (TPSA) is 81.8 Å². The van der Waals surface area contributed by atoms with E-state index < -0.39 is 11.0 Å². The highest BCUT2D eigenvalue weighted by molar-refractivity contribution is 5.44. The summed E-state index contributed by atoms with van der Waals surface area (Å²) < 4.78 is 10.3. The molecule has 0 saturated carbocycles. The van der Waals surface area contributed by atoms with Gasteiger partial charge in [0.1, 0.15) is 5.75 Å². The van der Waals surface area contributed by atoms with Gasteiger partial charge in [-0.2, -0.15) is 0 Å². The summed E-state index contributed by atoms with van der Waals surface area (Å²) in [7, 11) is 0. The van der Waals surface area contributed by atoms with Crippen molar-refractivity contribution in [1.29, 1.82) is 0 Å². The fraction of sp³-hybridized carbons (Fsp3) is 0.455. The summed E-state index contributed by atoms with van der Waals surface area (Å²) in [6.07, 6.45) is -0.841. The van der Waals surface area contributed by atoms with E-state index in [1.54, 1.807) is 0 Å². The summed E-state index contributed by atoms with van der Waals surface area (Å²) in [5.41, 5.74) is 0.295. The number of nitro benzene ring substituents is 1. The number of benzene rings is 1. The van der Waals surface area contributed by atoms with E-state index in [1.165, 1.54) is 25.1 Å². The Bertz CT molecular complexity index is 391. The maximum Gasteiger partial charge on any atom is 0.270 e. The van der Waals surface area contributed by atoms with E-state index in [2.05, 4.69) is 0 Å². The highest BCUT2D eigenvalue weighted by Gasteiger charge is 2.15. The minimum atomic E-state index is -0.841. The third-order valence-corrected chi connectivity index (χ3v) is 2.16. The second-order valence-electron chi connectivity index (χ2n) is 3.41. The molecule has 6 nitrogen and oxygen atoms in total. The number of hydrogen-bond donors (Lipinski definition) is 1. The fourth-order valence-electron chi connectivity index (χ4n) is 1.30. The molecule has 1 aromatic rings. The molecular formula is C11H15NO5. The number of aliphatic hydroxyl groups is 1. The first kappa shape index (κ1) is 13.4. The highest BCUT2D eigenvalue weighted by Crippen LogP contribution is 2.29. The first-order valence-corrected chi connectivity index (χ1v) is 5.23. The lowest BCUT2D eigenvalue weighted by Crippen LogP contribution is -2.06. The van der Waals surface area contributed by atoms with Gasteiger partial charge in [0.15, 0.2) is 6.79 Å². The van der Waals surface area contributed by atoms with Crippen LogP contribution in [0.1, 0.15) is 25.5 Å². The normalized spacial score (nSPS) is 12.2. The molecule has 0 aliphatic heterocycles. The van der Waals surface area contributed by atoms with Crippen LogP contribution >= 0.6 is 0 Å². The first-order valence-electron chi connectivity index (χ1n) is 5.23. The van der Waals surface area contributed by atoms with Gasteiger partial charge in [0.2, 0.25) is 0 Å². The average molecular weight is 241 g/mol. The van der Waals surface area contributed by atoms with Gasteiger partial charge in [-0.3, -0.25) is 10.1 Å². The average Bonchev–Trinajstić information content (AvgIpc) is 2.29. The van der Waals surface area contributed by atoms with Crippen molar-refractivity contribution in [3.05, 3.63) is 33.9 Å². The summed E-state index contributed by atoms with van der Waals surface area (Å²) in [5.74, 6) is 0.388. The molecule has 0 spiro atoms. The fourth-order valence-corrected chi connectivity index (χ4v) is 1.30. The second kappa shape index (κ2) is 6.17. The predicted molar refractivity (Wildman–Crippen MR) is 60.9 cm³/mol. The molecule has 6 heteroatoms. The first-order chi connectivity index (χ1) is 8.06. The minimum Gasteiger partial charge on any atom is -0.467 e. The van der Waals surface area contributed by atoms with Crippen LogP contribution in [-0.2, 0) is 4.74 Å². The maximum atomic E-state index is 10.6. The van der Waals surface area contributed by atoms with E-state index >= 15 is 0 Å². The largest absolute Gasteiger partial charge is 0.467 e. The Morgan fingerprint density at radius 3 is 2.76 bits per heavy atom. The molecular weight excluding hydrogens is 226 g/mol. The van der Waals surface area contributed by atoms with Crippen LogP contribution in [0.4, 0.5) is 5.69 Å². The summed E-state index contributed by atoms with van der Waals surface area (Å²) in [6.45, 7) is 3.91. The van der Waals surface area contributed by atoms with Crippen molar-refractivity contribution in [2.24, 2.45) is 0 Å². The zero-order chi connectivity index (χ0) is 12.8. The lowest BCUT2D eigenvalue weighted by atomic mass is 10.1. The predicted octanol–water partition coefficient (Wildman–Crippen LogP) is 2.02. The molecule has 0 amide bonds. The van der Waals surface area contributed by atoms with Crippen LogP contribution in [0.5, 0.6) is 5.75 Å². The van der Waals surface area contributed by atoms with Crippen molar-refractivity contribution in [2.75, 3.05) is 13.4 Å². The molecule has 0 radical (unpaired) electrons. The lowest BCUT2D eigenvalue weighted by molar-refractivity contribution is -0.385. The zero-order valence-corrected chi connectivity index (χ0v) is 9.75.